The lowest BCUT2D eigenvalue weighted by Crippen LogP contribution is -2.40. The molecule has 4 rings (SSSR count). The molecule has 28 heavy (non-hydrogen) atoms. The average Bonchev–Trinajstić information content (AvgIpc) is 2.99. The Bertz CT molecular complexity index is 1020. The van der Waals surface area contributed by atoms with E-state index < -0.39 is 10.0 Å². The summed E-state index contributed by atoms with van der Waals surface area (Å²) in [6.07, 6.45) is 1.24. The number of carbonyl (C=O) groups excluding carboxylic acids is 1. The summed E-state index contributed by atoms with van der Waals surface area (Å²) in [6, 6.07) is 14.8. The molecule has 0 spiro atoms. The maximum absolute atomic E-state index is 12.4. The molecule has 2 aliphatic heterocycles. The van der Waals surface area contributed by atoms with Crippen LogP contribution in [0.25, 0.3) is 0 Å². The standard InChI is InChI=1S/C21H22N2O4S/c1-15-6-8-16(9-7-15)14-27-21(24)17-10-12-23(13-11-17)20-18-4-2-3-5-19(18)28(25,26)22-20/h2-9,17H,10-14H2,1H3. The minimum Gasteiger partial charge on any atom is -0.461 e. The van der Waals surface area contributed by atoms with Crippen LogP contribution in [0.1, 0.15) is 29.5 Å². The van der Waals surface area contributed by atoms with Crippen molar-refractivity contribution >= 4 is 21.8 Å². The van der Waals surface area contributed by atoms with Gasteiger partial charge in [-0.2, -0.15) is 8.42 Å². The number of carbonyl (C=O) groups is 1. The first-order chi connectivity index (χ1) is 13.4. The number of rotatable bonds is 3. The lowest BCUT2D eigenvalue weighted by molar-refractivity contribution is -0.151. The smallest absolute Gasteiger partial charge is 0.309 e. The van der Waals surface area contributed by atoms with Crippen LogP contribution in [0.5, 0.6) is 0 Å². The molecule has 7 heteroatoms. The number of likely N-dealkylation sites (tertiary alicyclic amines) is 1. The fraction of sp³-hybridized carbons (Fsp3) is 0.333. The maximum Gasteiger partial charge on any atom is 0.309 e. The first-order valence-corrected chi connectivity index (χ1v) is 10.8. The van der Waals surface area contributed by atoms with Crippen LogP contribution in [0, 0.1) is 12.8 Å². The molecule has 0 amide bonds. The highest BCUT2D eigenvalue weighted by Gasteiger charge is 2.34. The van der Waals surface area contributed by atoms with E-state index in [1.165, 1.54) is 5.56 Å². The SMILES string of the molecule is Cc1ccc(COC(=O)C2CCN(C3=NS(=O)(=O)c4ccccc43)CC2)cc1. The number of amidine groups is 1. The predicted octanol–water partition coefficient (Wildman–Crippen LogP) is 2.90. The van der Waals surface area contributed by atoms with Gasteiger partial charge in [-0.1, -0.05) is 42.0 Å². The van der Waals surface area contributed by atoms with Crippen LogP contribution in [-0.4, -0.2) is 38.2 Å². The Balaban J connectivity index is 1.36. The molecule has 0 N–H and O–H groups in total. The van der Waals surface area contributed by atoms with Crippen molar-refractivity contribution in [3.05, 3.63) is 65.2 Å². The summed E-state index contributed by atoms with van der Waals surface area (Å²) in [4.78, 5) is 14.6. The Labute approximate surface area is 164 Å². The van der Waals surface area contributed by atoms with Crippen molar-refractivity contribution in [3.8, 4) is 0 Å². The van der Waals surface area contributed by atoms with Crippen LogP contribution in [0.2, 0.25) is 0 Å². The summed E-state index contributed by atoms with van der Waals surface area (Å²) in [5.41, 5.74) is 2.78. The van der Waals surface area contributed by atoms with Crippen LogP contribution in [0.3, 0.4) is 0 Å². The van der Waals surface area contributed by atoms with Crippen molar-refractivity contribution < 1.29 is 17.9 Å². The van der Waals surface area contributed by atoms with E-state index in [9.17, 15) is 13.2 Å². The van der Waals surface area contributed by atoms with E-state index in [0.717, 1.165) is 5.56 Å². The van der Waals surface area contributed by atoms with Crippen LogP contribution >= 0.6 is 0 Å². The molecular formula is C21H22N2O4S. The number of sulfonamides is 1. The number of esters is 1. The van der Waals surface area contributed by atoms with E-state index in [4.69, 9.17) is 4.74 Å². The summed E-state index contributed by atoms with van der Waals surface area (Å²) >= 11 is 0. The Morgan fingerprint density at radius 2 is 1.79 bits per heavy atom. The van der Waals surface area contributed by atoms with Crippen LogP contribution in [0.4, 0.5) is 0 Å². The summed E-state index contributed by atoms with van der Waals surface area (Å²) < 4.78 is 33.9. The summed E-state index contributed by atoms with van der Waals surface area (Å²) in [7, 11) is -3.62. The number of aryl methyl sites for hydroxylation is 1. The van der Waals surface area contributed by atoms with E-state index in [2.05, 4.69) is 4.40 Å². The second kappa shape index (κ2) is 7.39. The summed E-state index contributed by atoms with van der Waals surface area (Å²) in [5, 5.41) is 0. The molecule has 0 bridgehead atoms. The molecule has 6 nitrogen and oxygen atoms in total. The number of piperidine rings is 1. The van der Waals surface area contributed by atoms with E-state index in [1.807, 2.05) is 42.2 Å². The van der Waals surface area contributed by atoms with Gasteiger partial charge in [0.25, 0.3) is 10.0 Å². The Hall–Kier alpha value is -2.67. The van der Waals surface area contributed by atoms with Gasteiger partial charge in [-0.25, -0.2) is 0 Å². The number of fused-ring (bicyclic) bond motifs is 1. The topological polar surface area (TPSA) is 76.0 Å². The minimum absolute atomic E-state index is 0.171. The molecule has 0 aliphatic carbocycles. The van der Waals surface area contributed by atoms with Gasteiger partial charge in [0.2, 0.25) is 0 Å². The minimum atomic E-state index is -3.62. The van der Waals surface area contributed by atoms with E-state index >= 15 is 0 Å². The molecule has 2 aliphatic rings. The summed E-state index contributed by atoms with van der Waals surface area (Å²) in [5.74, 6) is 0.124. The average molecular weight is 398 g/mol. The molecule has 0 aromatic heterocycles. The lowest BCUT2D eigenvalue weighted by atomic mass is 9.96. The Morgan fingerprint density at radius 3 is 2.50 bits per heavy atom. The zero-order valence-corrected chi connectivity index (χ0v) is 16.5. The Kier molecular flexibility index (Phi) is 4.93. The normalized spacial score (nSPS) is 18.5. The van der Waals surface area contributed by atoms with Crippen molar-refractivity contribution in [2.24, 2.45) is 10.3 Å². The van der Waals surface area contributed by atoms with Gasteiger partial charge >= 0.3 is 5.97 Å². The fourth-order valence-electron chi connectivity index (χ4n) is 3.60. The third kappa shape index (κ3) is 3.67. The molecule has 2 aromatic carbocycles. The second-order valence-corrected chi connectivity index (χ2v) is 8.81. The lowest BCUT2D eigenvalue weighted by Gasteiger charge is -2.32. The first kappa shape index (κ1) is 18.7. The van der Waals surface area contributed by atoms with Crippen LogP contribution in [-0.2, 0) is 26.2 Å². The molecule has 0 radical (unpaired) electrons. The second-order valence-electron chi connectivity index (χ2n) is 7.24. The maximum atomic E-state index is 12.4. The van der Waals surface area contributed by atoms with Crippen LogP contribution in [0.15, 0.2) is 57.8 Å². The number of benzene rings is 2. The van der Waals surface area contributed by atoms with Gasteiger partial charge in [-0.15, -0.1) is 4.40 Å². The molecule has 2 aromatic rings. The molecule has 0 atom stereocenters. The third-order valence-corrected chi connectivity index (χ3v) is 6.57. The van der Waals surface area contributed by atoms with E-state index in [0.29, 0.717) is 37.3 Å². The van der Waals surface area contributed by atoms with Gasteiger partial charge in [-0.3, -0.25) is 4.79 Å². The number of hydrogen-bond donors (Lipinski definition) is 0. The largest absolute Gasteiger partial charge is 0.461 e. The molecule has 0 saturated carbocycles. The highest BCUT2D eigenvalue weighted by Crippen LogP contribution is 2.30. The third-order valence-electron chi connectivity index (χ3n) is 5.24. The Morgan fingerprint density at radius 1 is 1.11 bits per heavy atom. The number of hydrogen-bond acceptors (Lipinski definition) is 5. The van der Waals surface area contributed by atoms with Gasteiger partial charge in [-0.05, 0) is 37.5 Å². The number of nitrogens with zero attached hydrogens (tertiary/aromatic N) is 2. The van der Waals surface area contributed by atoms with Gasteiger partial charge in [0.05, 0.1) is 5.92 Å². The first-order valence-electron chi connectivity index (χ1n) is 9.35. The zero-order valence-electron chi connectivity index (χ0n) is 15.7. The van der Waals surface area contributed by atoms with Crippen molar-refractivity contribution in [1.82, 2.24) is 4.90 Å². The quantitative estimate of drug-likeness (QED) is 0.743. The highest BCUT2D eigenvalue weighted by molar-refractivity contribution is 7.90. The molecular weight excluding hydrogens is 376 g/mol. The molecule has 1 saturated heterocycles. The predicted molar refractivity (Wildman–Crippen MR) is 105 cm³/mol. The van der Waals surface area contributed by atoms with Gasteiger partial charge < -0.3 is 9.64 Å². The van der Waals surface area contributed by atoms with E-state index in [-0.39, 0.29) is 23.4 Å². The zero-order chi connectivity index (χ0) is 19.7. The van der Waals surface area contributed by atoms with Crippen LogP contribution < -0.4 is 0 Å². The monoisotopic (exact) mass is 398 g/mol. The van der Waals surface area contributed by atoms with Crippen molar-refractivity contribution in [3.63, 3.8) is 0 Å². The fourth-order valence-corrected chi connectivity index (χ4v) is 4.83. The van der Waals surface area contributed by atoms with Gasteiger partial charge in [0, 0.05) is 18.7 Å². The van der Waals surface area contributed by atoms with Crippen molar-refractivity contribution in [2.45, 2.75) is 31.3 Å². The molecule has 0 unspecified atom stereocenters. The van der Waals surface area contributed by atoms with Crippen molar-refractivity contribution in [2.75, 3.05) is 13.1 Å². The van der Waals surface area contributed by atoms with Gasteiger partial charge in [0.1, 0.15) is 11.5 Å². The van der Waals surface area contributed by atoms with Crippen molar-refractivity contribution in [1.29, 1.82) is 0 Å². The van der Waals surface area contributed by atoms with Gasteiger partial charge in [0.15, 0.2) is 5.84 Å². The molecule has 146 valence electrons. The molecule has 1 fully saturated rings. The van der Waals surface area contributed by atoms with E-state index in [1.54, 1.807) is 18.2 Å². The number of ether oxygens (including phenoxy) is 1. The molecule has 2 heterocycles. The summed E-state index contributed by atoms with van der Waals surface area (Å²) in [6.45, 7) is 3.44. The highest BCUT2D eigenvalue weighted by atomic mass is 32.2.